The summed E-state index contributed by atoms with van der Waals surface area (Å²) in [6.45, 7) is 4.67. The first-order chi connectivity index (χ1) is 7.31. The van der Waals surface area contributed by atoms with Crippen LogP contribution in [0.5, 0.6) is 0 Å². The van der Waals surface area contributed by atoms with Crippen molar-refractivity contribution in [3.8, 4) is 0 Å². The average Bonchev–Trinajstić information content (AvgIpc) is 2.26. The molecule has 0 unspecified atom stereocenters. The molecule has 0 aromatic heterocycles. The first-order valence-electron chi connectivity index (χ1n) is 5.81. The van der Waals surface area contributed by atoms with Crippen molar-refractivity contribution in [3.05, 3.63) is 0 Å². The summed E-state index contributed by atoms with van der Waals surface area (Å²) < 4.78 is 0. The summed E-state index contributed by atoms with van der Waals surface area (Å²) in [5, 5.41) is 15.6. The van der Waals surface area contributed by atoms with Crippen molar-refractivity contribution < 1.29 is 5.11 Å². The molecule has 0 radical (unpaired) electrons. The molecule has 0 heterocycles. The van der Waals surface area contributed by atoms with Crippen LogP contribution in [0.4, 0.5) is 0 Å². The van der Waals surface area contributed by atoms with E-state index in [9.17, 15) is 0 Å². The van der Waals surface area contributed by atoms with Crippen molar-refractivity contribution in [1.82, 2.24) is 10.6 Å². The smallest absolute Gasteiger partial charge is 0.0786 e. The lowest BCUT2D eigenvalue weighted by atomic mass is 10.3. The van der Waals surface area contributed by atoms with Crippen LogP contribution in [0.3, 0.4) is 0 Å². The molecule has 5 nitrogen and oxygen atoms in total. The largest absolute Gasteiger partial charge is 0.390 e. The van der Waals surface area contributed by atoms with Crippen molar-refractivity contribution in [2.75, 3.05) is 39.3 Å². The van der Waals surface area contributed by atoms with Crippen LogP contribution in [-0.4, -0.2) is 50.5 Å². The van der Waals surface area contributed by atoms with E-state index in [1.807, 2.05) is 0 Å². The number of unbranched alkanes of at least 4 members (excludes halogenated alkanes) is 1. The molecule has 1 atom stereocenters. The molecule has 0 aromatic rings. The topological polar surface area (TPSA) is 96.3 Å². The Balaban J connectivity index is 2.92. The summed E-state index contributed by atoms with van der Waals surface area (Å²) >= 11 is 0. The molecular formula is C10H26N4O. The van der Waals surface area contributed by atoms with E-state index in [-0.39, 0.29) is 0 Å². The second-order valence-electron chi connectivity index (χ2n) is 3.69. The Hall–Kier alpha value is -0.200. The molecule has 7 N–H and O–H groups in total. The zero-order chi connectivity index (χ0) is 11.4. The average molecular weight is 218 g/mol. The van der Waals surface area contributed by atoms with E-state index in [1.165, 1.54) is 0 Å². The molecule has 0 fully saturated rings. The monoisotopic (exact) mass is 218 g/mol. The van der Waals surface area contributed by atoms with Crippen LogP contribution in [0, 0.1) is 0 Å². The van der Waals surface area contributed by atoms with Crippen molar-refractivity contribution in [2.24, 2.45) is 11.5 Å². The summed E-state index contributed by atoms with van der Waals surface area (Å²) in [6.07, 6.45) is 2.90. The summed E-state index contributed by atoms with van der Waals surface area (Å²) in [5.74, 6) is 0. The predicted octanol–water partition coefficient (Wildman–Crippen LogP) is -1.39. The maximum absolute atomic E-state index is 9.15. The highest BCUT2D eigenvalue weighted by molar-refractivity contribution is 4.59. The van der Waals surface area contributed by atoms with Crippen LogP contribution in [0.2, 0.25) is 0 Å². The van der Waals surface area contributed by atoms with Gasteiger partial charge in [0.1, 0.15) is 0 Å². The van der Waals surface area contributed by atoms with Crippen molar-refractivity contribution in [3.63, 3.8) is 0 Å². The number of aliphatic hydroxyl groups excluding tert-OH is 1. The van der Waals surface area contributed by atoms with Gasteiger partial charge in [-0.3, -0.25) is 0 Å². The molecule has 0 aliphatic carbocycles. The highest BCUT2D eigenvalue weighted by atomic mass is 16.3. The van der Waals surface area contributed by atoms with Gasteiger partial charge in [-0.15, -0.1) is 0 Å². The van der Waals surface area contributed by atoms with Crippen LogP contribution in [0.25, 0.3) is 0 Å². The van der Waals surface area contributed by atoms with Gasteiger partial charge >= 0.3 is 0 Å². The van der Waals surface area contributed by atoms with Crippen LogP contribution in [0.1, 0.15) is 19.3 Å². The van der Waals surface area contributed by atoms with Crippen LogP contribution >= 0.6 is 0 Å². The molecule has 15 heavy (non-hydrogen) atoms. The fourth-order valence-electron chi connectivity index (χ4n) is 1.20. The van der Waals surface area contributed by atoms with Gasteiger partial charge in [0.05, 0.1) is 6.10 Å². The molecule has 0 aromatic carbocycles. The Morgan fingerprint density at radius 2 is 1.53 bits per heavy atom. The van der Waals surface area contributed by atoms with Gasteiger partial charge in [0, 0.05) is 13.1 Å². The summed E-state index contributed by atoms with van der Waals surface area (Å²) in [7, 11) is 0. The fraction of sp³-hybridized carbons (Fsp3) is 1.00. The molecule has 0 aliphatic heterocycles. The van der Waals surface area contributed by atoms with E-state index in [4.69, 9.17) is 16.6 Å². The number of hydrogen-bond donors (Lipinski definition) is 5. The molecular weight excluding hydrogens is 192 g/mol. The second kappa shape index (κ2) is 11.9. The number of aliphatic hydroxyl groups is 1. The van der Waals surface area contributed by atoms with Crippen molar-refractivity contribution in [2.45, 2.75) is 25.4 Å². The summed E-state index contributed by atoms with van der Waals surface area (Å²) in [6, 6.07) is 0. The number of nitrogens with one attached hydrogen (secondary N) is 2. The van der Waals surface area contributed by atoms with E-state index < -0.39 is 6.10 Å². The van der Waals surface area contributed by atoms with Gasteiger partial charge in [0.15, 0.2) is 0 Å². The van der Waals surface area contributed by atoms with E-state index >= 15 is 0 Å². The molecule has 0 amide bonds. The van der Waals surface area contributed by atoms with Crippen molar-refractivity contribution in [1.29, 1.82) is 0 Å². The van der Waals surface area contributed by atoms with Gasteiger partial charge in [-0.05, 0) is 45.4 Å². The van der Waals surface area contributed by atoms with Gasteiger partial charge in [-0.2, -0.15) is 0 Å². The standard InChI is InChI=1S/C10H26N4O/c11-4-3-7-13-5-1-2-6-14-9-10(15)8-12/h10,13-15H,1-9,11-12H2/t10-/m1/s1. The van der Waals surface area contributed by atoms with E-state index in [2.05, 4.69) is 10.6 Å². The SMILES string of the molecule is NCCCNCCCCNC[C@H](O)CN. The van der Waals surface area contributed by atoms with Gasteiger partial charge < -0.3 is 27.2 Å². The number of nitrogens with two attached hydrogens (primary N) is 2. The maximum atomic E-state index is 9.15. The van der Waals surface area contributed by atoms with Crippen LogP contribution < -0.4 is 22.1 Å². The van der Waals surface area contributed by atoms with Crippen LogP contribution in [0.15, 0.2) is 0 Å². The third kappa shape index (κ3) is 11.7. The highest BCUT2D eigenvalue weighted by Gasteiger charge is 1.98. The van der Waals surface area contributed by atoms with Gasteiger partial charge in [-0.1, -0.05) is 0 Å². The number of hydrogen-bond acceptors (Lipinski definition) is 5. The summed E-state index contributed by atoms with van der Waals surface area (Å²) in [4.78, 5) is 0. The van der Waals surface area contributed by atoms with E-state index in [0.717, 1.165) is 45.4 Å². The molecule has 0 saturated heterocycles. The first-order valence-corrected chi connectivity index (χ1v) is 5.81. The third-order valence-corrected chi connectivity index (χ3v) is 2.17. The predicted molar refractivity (Wildman–Crippen MR) is 63.7 cm³/mol. The lowest BCUT2D eigenvalue weighted by Gasteiger charge is -2.09. The maximum Gasteiger partial charge on any atom is 0.0786 e. The molecule has 92 valence electrons. The highest BCUT2D eigenvalue weighted by Crippen LogP contribution is 1.85. The van der Waals surface area contributed by atoms with Gasteiger partial charge in [0.25, 0.3) is 0 Å². The lowest BCUT2D eigenvalue weighted by Crippen LogP contribution is -2.33. The number of rotatable bonds is 11. The molecule has 0 bridgehead atoms. The van der Waals surface area contributed by atoms with Crippen molar-refractivity contribution >= 4 is 0 Å². The fourth-order valence-corrected chi connectivity index (χ4v) is 1.20. The minimum absolute atomic E-state index is 0.327. The Morgan fingerprint density at radius 3 is 2.13 bits per heavy atom. The summed E-state index contributed by atoms with van der Waals surface area (Å²) in [5.41, 5.74) is 10.6. The lowest BCUT2D eigenvalue weighted by molar-refractivity contribution is 0.179. The third-order valence-electron chi connectivity index (χ3n) is 2.17. The molecule has 0 saturated carbocycles. The molecule has 0 aliphatic rings. The van der Waals surface area contributed by atoms with Gasteiger partial charge in [-0.25, -0.2) is 0 Å². The first kappa shape index (κ1) is 14.8. The zero-order valence-corrected chi connectivity index (χ0v) is 9.54. The molecule has 0 rings (SSSR count). The Bertz CT molecular complexity index is 124. The normalized spacial score (nSPS) is 13.0. The van der Waals surface area contributed by atoms with E-state index in [0.29, 0.717) is 13.1 Å². The second-order valence-corrected chi connectivity index (χ2v) is 3.69. The van der Waals surface area contributed by atoms with Crippen LogP contribution in [-0.2, 0) is 0 Å². The molecule has 5 heteroatoms. The Labute approximate surface area is 92.6 Å². The minimum atomic E-state index is -0.410. The van der Waals surface area contributed by atoms with Gasteiger partial charge in [0.2, 0.25) is 0 Å². The quantitative estimate of drug-likeness (QED) is 0.275. The Kier molecular flexibility index (Phi) is 11.7. The molecule has 0 spiro atoms. The zero-order valence-electron chi connectivity index (χ0n) is 9.54. The minimum Gasteiger partial charge on any atom is -0.390 e. The van der Waals surface area contributed by atoms with E-state index in [1.54, 1.807) is 0 Å². The Morgan fingerprint density at radius 1 is 0.933 bits per heavy atom.